The lowest BCUT2D eigenvalue weighted by Crippen LogP contribution is -2.22. The van der Waals surface area contributed by atoms with Gasteiger partial charge in [0.15, 0.2) is 11.5 Å². The quantitative estimate of drug-likeness (QED) is 0.289. The van der Waals surface area contributed by atoms with Crippen LogP contribution in [0.1, 0.15) is 5.56 Å². The molecule has 1 saturated heterocycles. The summed E-state index contributed by atoms with van der Waals surface area (Å²) in [4.78, 5) is 14.2. The molecule has 0 N–H and O–H groups in total. The van der Waals surface area contributed by atoms with Gasteiger partial charge in [-0.3, -0.25) is 9.69 Å². The molecule has 0 saturated carbocycles. The highest BCUT2D eigenvalue weighted by Gasteiger charge is 2.28. The van der Waals surface area contributed by atoms with Crippen molar-refractivity contribution < 1.29 is 23.7 Å². The Hall–Kier alpha value is -2.23. The molecule has 1 amide bonds. The van der Waals surface area contributed by atoms with E-state index in [9.17, 15) is 4.79 Å². The molecule has 0 aromatic heterocycles. The van der Waals surface area contributed by atoms with Crippen molar-refractivity contribution in [2.24, 2.45) is 0 Å². The van der Waals surface area contributed by atoms with Gasteiger partial charge >= 0.3 is 0 Å². The van der Waals surface area contributed by atoms with Crippen molar-refractivity contribution >= 4 is 56.2 Å². The van der Waals surface area contributed by atoms with Crippen LogP contribution in [0.5, 0.6) is 23.0 Å². The summed E-state index contributed by atoms with van der Waals surface area (Å²) in [5.41, 5.74) is 0.800. The summed E-state index contributed by atoms with van der Waals surface area (Å²) >= 11 is 9.97. The van der Waals surface area contributed by atoms with Gasteiger partial charge in [0.1, 0.15) is 29.0 Å². The SMILES string of the molecule is COc1ccc(OCCOc2c(Br)cc(/C=C3\SC(=S)N(C)C3=O)cc2OC)cc1. The van der Waals surface area contributed by atoms with Crippen LogP contribution in [-0.2, 0) is 4.79 Å². The van der Waals surface area contributed by atoms with Gasteiger partial charge in [0, 0.05) is 7.05 Å². The second-order valence-corrected chi connectivity index (χ2v) is 8.68. The summed E-state index contributed by atoms with van der Waals surface area (Å²) in [6.45, 7) is 0.692. The van der Waals surface area contributed by atoms with E-state index in [0.717, 1.165) is 17.1 Å². The number of likely N-dealkylation sites (N-methyl/N-ethyl adjacent to an activating group) is 1. The van der Waals surface area contributed by atoms with Crippen LogP contribution in [-0.4, -0.2) is 49.6 Å². The molecule has 2 aromatic rings. The maximum Gasteiger partial charge on any atom is 0.265 e. The Labute approximate surface area is 193 Å². The Bertz CT molecular complexity index is 978. The summed E-state index contributed by atoms with van der Waals surface area (Å²) < 4.78 is 23.4. The molecule has 0 atom stereocenters. The van der Waals surface area contributed by atoms with E-state index in [4.69, 9.17) is 31.2 Å². The third-order valence-electron chi connectivity index (χ3n) is 4.19. The van der Waals surface area contributed by atoms with Crippen molar-refractivity contribution in [1.29, 1.82) is 0 Å². The zero-order valence-electron chi connectivity index (χ0n) is 16.6. The molecule has 1 fully saturated rings. The predicted molar refractivity (Wildman–Crippen MR) is 126 cm³/mol. The molecule has 1 aliphatic rings. The first-order valence-corrected chi connectivity index (χ1v) is 10.9. The second kappa shape index (κ2) is 10.2. The standard InChI is InChI=1S/C21H20BrNO5S2/c1-23-20(24)18(30-21(23)29)12-13-10-16(22)19(17(11-13)26-3)28-9-8-27-15-6-4-14(25-2)5-7-15/h4-7,10-12H,8-9H2,1-3H3/b18-12-. The van der Waals surface area contributed by atoms with Gasteiger partial charge in [-0.2, -0.15) is 0 Å². The van der Waals surface area contributed by atoms with Crippen LogP contribution in [0.15, 0.2) is 45.8 Å². The number of thioether (sulfide) groups is 1. The second-order valence-electron chi connectivity index (χ2n) is 6.15. The van der Waals surface area contributed by atoms with Crippen LogP contribution in [0, 0.1) is 0 Å². The normalized spacial score (nSPS) is 14.9. The number of carbonyl (C=O) groups excluding carboxylic acids is 1. The molecule has 6 nitrogen and oxygen atoms in total. The molecule has 30 heavy (non-hydrogen) atoms. The molecule has 0 radical (unpaired) electrons. The lowest BCUT2D eigenvalue weighted by atomic mass is 10.2. The fourth-order valence-electron chi connectivity index (χ4n) is 2.64. The van der Waals surface area contributed by atoms with Gasteiger partial charge in [0.05, 0.1) is 23.6 Å². The number of nitrogens with zero attached hydrogens (tertiary/aromatic N) is 1. The van der Waals surface area contributed by atoms with Crippen LogP contribution in [0.25, 0.3) is 6.08 Å². The van der Waals surface area contributed by atoms with E-state index in [1.165, 1.54) is 16.7 Å². The van der Waals surface area contributed by atoms with Crippen molar-refractivity contribution in [3.05, 3.63) is 51.3 Å². The Morgan fingerprint density at radius 1 is 1.07 bits per heavy atom. The Kier molecular flexibility index (Phi) is 7.63. The first kappa shape index (κ1) is 22.5. The average Bonchev–Trinajstić information content (AvgIpc) is 2.98. The van der Waals surface area contributed by atoms with Crippen LogP contribution < -0.4 is 18.9 Å². The van der Waals surface area contributed by atoms with Crippen molar-refractivity contribution in [3.8, 4) is 23.0 Å². The van der Waals surface area contributed by atoms with Crippen LogP contribution in [0.2, 0.25) is 0 Å². The van der Waals surface area contributed by atoms with E-state index in [1.807, 2.05) is 36.4 Å². The van der Waals surface area contributed by atoms with Crippen molar-refractivity contribution in [2.75, 3.05) is 34.5 Å². The van der Waals surface area contributed by atoms with Gasteiger partial charge in [-0.15, -0.1) is 0 Å². The average molecular weight is 510 g/mol. The Morgan fingerprint density at radius 3 is 2.33 bits per heavy atom. The number of halogens is 1. The summed E-state index contributed by atoms with van der Waals surface area (Å²) in [7, 11) is 4.85. The molecule has 3 rings (SSSR count). The maximum atomic E-state index is 12.2. The minimum absolute atomic E-state index is 0.115. The smallest absolute Gasteiger partial charge is 0.265 e. The first-order chi connectivity index (χ1) is 14.4. The van der Waals surface area contributed by atoms with Crippen molar-refractivity contribution in [3.63, 3.8) is 0 Å². The highest BCUT2D eigenvalue weighted by molar-refractivity contribution is 9.10. The number of ether oxygens (including phenoxy) is 4. The molecule has 0 bridgehead atoms. The molecule has 2 aromatic carbocycles. The molecular formula is C21H20BrNO5S2. The summed E-state index contributed by atoms with van der Waals surface area (Å²) in [6, 6.07) is 11.0. The molecule has 0 aliphatic carbocycles. The molecule has 0 spiro atoms. The van der Waals surface area contributed by atoms with E-state index >= 15 is 0 Å². The zero-order valence-corrected chi connectivity index (χ0v) is 19.9. The van der Waals surface area contributed by atoms with Crippen LogP contribution in [0.4, 0.5) is 0 Å². The molecule has 9 heteroatoms. The highest BCUT2D eigenvalue weighted by atomic mass is 79.9. The molecule has 1 aliphatic heterocycles. The fourth-order valence-corrected chi connectivity index (χ4v) is 4.39. The highest BCUT2D eigenvalue weighted by Crippen LogP contribution is 2.39. The number of hydrogen-bond acceptors (Lipinski definition) is 7. The summed E-state index contributed by atoms with van der Waals surface area (Å²) in [6.07, 6.45) is 1.78. The van der Waals surface area contributed by atoms with Gasteiger partial charge in [-0.1, -0.05) is 24.0 Å². The van der Waals surface area contributed by atoms with E-state index < -0.39 is 0 Å². The van der Waals surface area contributed by atoms with Gasteiger partial charge in [0.25, 0.3) is 5.91 Å². The minimum atomic E-state index is -0.115. The fraction of sp³-hybridized carbons (Fsp3) is 0.238. The number of amides is 1. The summed E-state index contributed by atoms with van der Waals surface area (Å²) in [5, 5.41) is 0. The number of hydrogen-bond donors (Lipinski definition) is 0. The van der Waals surface area contributed by atoms with E-state index in [1.54, 1.807) is 27.3 Å². The Morgan fingerprint density at radius 2 is 1.73 bits per heavy atom. The van der Waals surface area contributed by atoms with E-state index in [-0.39, 0.29) is 5.91 Å². The topological polar surface area (TPSA) is 57.2 Å². The van der Waals surface area contributed by atoms with Gasteiger partial charge < -0.3 is 18.9 Å². The Balaban J connectivity index is 1.65. The third kappa shape index (κ3) is 5.27. The molecule has 158 valence electrons. The largest absolute Gasteiger partial charge is 0.497 e. The van der Waals surface area contributed by atoms with Crippen molar-refractivity contribution in [1.82, 2.24) is 4.90 Å². The molecular weight excluding hydrogens is 490 g/mol. The van der Waals surface area contributed by atoms with E-state index in [2.05, 4.69) is 15.9 Å². The lowest BCUT2D eigenvalue weighted by Gasteiger charge is -2.14. The van der Waals surface area contributed by atoms with Gasteiger partial charge in [0.2, 0.25) is 0 Å². The molecule has 1 heterocycles. The number of carbonyl (C=O) groups is 1. The van der Waals surface area contributed by atoms with Gasteiger partial charge in [-0.05, 0) is 64.0 Å². The zero-order chi connectivity index (χ0) is 21.7. The minimum Gasteiger partial charge on any atom is -0.497 e. The maximum absolute atomic E-state index is 12.2. The molecule has 0 unspecified atom stereocenters. The third-order valence-corrected chi connectivity index (χ3v) is 6.27. The lowest BCUT2D eigenvalue weighted by molar-refractivity contribution is -0.121. The monoisotopic (exact) mass is 509 g/mol. The van der Waals surface area contributed by atoms with Crippen molar-refractivity contribution in [2.45, 2.75) is 0 Å². The van der Waals surface area contributed by atoms with Gasteiger partial charge in [-0.25, -0.2) is 0 Å². The van der Waals surface area contributed by atoms with Crippen LogP contribution >= 0.6 is 39.9 Å². The first-order valence-electron chi connectivity index (χ1n) is 8.91. The van der Waals surface area contributed by atoms with Crippen LogP contribution in [0.3, 0.4) is 0 Å². The number of thiocarbonyl (C=S) groups is 1. The number of rotatable bonds is 8. The number of methoxy groups -OCH3 is 2. The van der Waals surface area contributed by atoms with E-state index in [0.29, 0.717) is 38.4 Å². The number of benzene rings is 2. The summed E-state index contributed by atoms with van der Waals surface area (Å²) in [5.74, 6) is 2.50. The predicted octanol–water partition coefficient (Wildman–Crippen LogP) is 4.76.